The van der Waals surface area contributed by atoms with Gasteiger partial charge in [0, 0.05) is 6.20 Å². The monoisotopic (exact) mass is 231 g/mol. The average molecular weight is 231 g/mol. The molecule has 0 saturated heterocycles. The minimum absolute atomic E-state index is 0.390. The zero-order valence-electron chi connectivity index (χ0n) is 8.88. The summed E-state index contributed by atoms with van der Waals surface area (Å²) < 4.78 is 12.8. The van der Waals surface area contributed by atoms with Crippen molar-refractivity contribution in [3.8, 4) is 0 Å². The fourth-order valence-corrected chi connectivity index (χ4v) is 1.64. The van der Waals surface area contributed by atoms with Gasteiger partial charge < -0.3 is 5.11 Å². The van der Waals surface area contributed by atoms with E-state index in [0.717, 1.165) is 0 Å². The van der Waals surface area contributed by atoms with E-state index in [2.05, 4.69) is 4.98 Å². The summed E-state index contributed by atoms with van der Waals surface area (Å²) in [6.45, 7) is 0. The number of halogens is 1. The Morgan fingerprint density at radius 1 is 1.18 bits per heavy atom. The number of rotatable bonds is 3. The van der Waals surface area contributed by atoms with Crippen LogP contribution in [0.2, 0.25) is 0 Å². The molecule has 0 radical (unpaired) electrons. The van der Waals surface area contributed by atoms with E-state index in [9.17, 15) is 14.3 Å². The Kier molecular flexibility index (Phi) is 3.14. The molecule has 2 aromatic rings. The van der Waals surface area contributed by atoms with Crippen LogP contribution >= 0.6 is 0 Å². The first-order chi connectivity index (χ1) is 8.18. The summed E-state index contributed by atoms with van der Waals surface area (Å²) in [7, 11) is 0. The van der Waals surface area contributed by atoms with Crippen molar-refractivity contribution in [3.63, 3.8) is 0 Å². The van der Waals surface area contributed by atoms with Crippen LogP contribution in [0.5, 0.6) is 0 Å². The van der Waals surface area contributed by atoms with E-state index in [1.165, 1.54) is 30.5 Å². The number of aromatic nitrogens is 1. The molecule has 1 atom stereocenters. The maximum atomic E-state index is 12.8. The lowest BCUT2D eigenvalue weighted by molar-refractivity contribution is -0.137. The van der Waals surface area contributed by atoms with Gasteiger partial charge in [0.15, 0.2) is 0 Å². The number of carboxylic acids is 1. The number of carboxylic acid groups (broad SMARTS) is 1. The summed E-state index contributed by atoms with van der Waals surface area (Å²) in [4.78, 5) is 15.3. The summed E-state index contributed by atoms with van der Waals surface area (Å²) in [5.74, 6) is -2.26. The maximum absolute atomic E-state index is 12.8. The molecule has 1 heterocycles. The van der Waals surface area contributed by atoms with Crippen LogP contribution in [-0.4, -0.2) is 16.1 Å². The summed E-state index contributed by atoms with van der Waals surface area (Å²) in [5.41, 5.74) is 0.948. The number of benzene rings is 1. The first-order valence-corrected chi connectivity index (χ1v) is 5.07. The Bertz CT molecular complexity index is 511. The zero-order chi connectivity index (χ0) is 12.3. The molecular weight excluding hydrogens is 221 g/mol. The van der Waals surface area contributed by atoms with Gasteiger partial charge in [-0.25, -0.2) is 4.39 Å². The molecule has 17 heavy (non-hydrogen) atoms. The minimum atomic E-state index is -1.00. The molecule has 0 aliphatic heterocycles. The summed E-state index contributed by atoms with van der Waals surface area (Å²) in [6, 6.07) is 10.5. The van der Waals surface area contributed by atoms with Crippen molar-refractivity contribution in [3.05, 3.63) is 65.7 Å². The summed E-state index contributed by atoms with van der Waals surface area (Å²) in [5, 5.41) is 9.22. The molecule has 0 bridgehead atoms. The summed E-state index contributed by atoms with van der Waals surface area (Å²) >= 11 is 0. The Balaban J connectivity index is 2.43. The van der Waals surface area contributed by atoms with E-state index < -0.39 is 11.9 Å². The lowest BCUT2D eigenvalue weighted by atomic mass is 9.95. The molecule has 86 valence electrons. The predicted octanol–water partition coefficient (Wildman–Crippen LogP) is 2.44. The highest BCUT2D eigenvalue weighted by Crippen LogP contribution is 2.23. The number of pyridine rings is 1. The molecule has 1 aromatic carbocycles. The Hall–Kier alpha value is -2.23. The van der Waals surface area contributed by atoms with Crippen LogP contribution in [0.3, 0.4) is 0 Å². The van der Waals surface area contributed by atoms with Crippen LogP contribution in [0.25, 0.3) is 0 Å². The number of hydrogen-bond donors (Lipinski definition) is 1. The fraction of sp³-hybridized carbons (Fsp3) is 0.0769. The molecule has 0 aliphatic carbocycles. The maximum Gasteiger partial charge on any atom is 0.317 e. The largest absolute Gasteiger partial charge is 0.480 e. The Labute approximate surface area is 97.6 Å². The van der Waals surface area contributed by atoms with Crippen molar-refractivity contribution >= 4 is 5.97 Å². The van der Waals surface area contributed by atoms with Crippen LogP contribution in [0.1, 0.15) is 17.2 Å². The van der Waals surface area contributed by atoms with Gasteiger partial charge in [-0.3, -0.25) is 9.78 Å². The van der Waals surface area contributed by atoms with Crippen molar-refractivity contribution in [2.45, 2.75) is 5.92 Å². The second kappa shape index (κ2) is 4.74. The molecule has 0 saturated carbocycles. The SMILES string of the molecule is O=C(O)C(c1ccc(F)cc1)c1ccccn1. The number of nitrogens with zero attached hydrogens (tertiary/aromatic N) is 1. The predicted molar refractivity (Wildman–Crippen MR) is 60.1 cm³/mol. The molecule has 2 rings (SSSR count). The lowest BCUT2D eigenvalue weighted by Gasteiger charge is -2.11. The van der Waals surface area contributed by atoms with E-state index in [-0.39, 0.29) is 5.82 Å². The van der Waals surface area contributed by atoms with Crippen LogP contribution in [0, 0.1) is 5.82 Å². The fourth-order valence-electron chi connectivity index (χ4n) is 1.64. The molecule has 1 unspecified atom stereocenters. The highest BCUT2D eigenvalue weighted by molar-refractivity contribution is 5.79. The van der Waals surface area contributed by atoms with Gasteiger partial charge in [-0.1, -0.05) is 18.2 Å². The third-order valence-corrected chi connectivity index (χ3v) is 2.43. The van der Waals surface area contributed by atoms with Gasteiger partial charge in [0.1, 0.15) is 11.7 Å². The van der Waals surface area contributed by atoms with Gasteiger partial charge in [0.2, 0.25) is 0 Å². The van der Waals surface area contributed by atoms with E-state index in [0.29, 0.717) is 11.3 Å². The van der Waals surface area contributed by atoms with Gasteiger partial charge >= 0.3 is 5.97 Å². The normalized spacial score (nSPS) is 12.1. The van der Waals surface area contributed by atoms with E-state index in [4.69, 9.17) is 0 Å². The molecule has 3 nitrogen and oxygen atoms in total. The van der Waals surface area contributed by atoms with Crippen LogP contribution in [0.4, 0.5) is 4.39 Å². The molecule has 0 amide bonds. The lowest BCUT2D eigenvalue weighted by Crippen LogP contribution is -2.14. The van der Waals surface area contributed by atoms with Crippen molar-refractivity contribution in [2.75, 3.05) is 0 Å². The summed E-state index contributed by atoms with van der Waals surface area (Å²) in [6.07, 6.45) is 1.54. The van der Waals surface area contributed by atoms with Crippen molar-refractivity contribution in [1.29, 1.82) is 0 Å². The van der Waals surface area contributed by atoms with Crippen LogP contribution in [-0.2, 0) is 4.79 Å². The van der Waals surface area contributed by atoms with Crippen molar-refractivity contribution < 1.29 is 14.3 Å². The first kappa shape index (κ1) is 11.3. The molecule has 1 aromatic heterocycles. The average Bonchev–Trinajstić information content (AvgIpc) is 2.33. The number of aliphatic carboxylic acids is 1. The number of carbonyl (C=O) groups is 1. The topological polar surface area (TPSA) is 50.2 Å². The first-order valence-electron chi connectivity index (χ1n) is 5.07. The molecule has 0 fully saturated rings. The van der Waals surface area contributed by atoms with Gasteiger partial charge in [-0.2, -0.15) is 0 Å². The second-order valence-electron chi connectivity index (χ2n) is 3.58. The molecule has 4 heteroatoms. The van der Waals surface area contributed by atoms with Crippen LogP contribution < -0.4 is 0 Å². The molecule has 0 aliphatic rings. The van der Waals surface area contributed by atoms with Crippen molar-refractivity contribution in [2.24, 2.45) is 0 Å². The highest BCUT2D eigenvalue weighted by atomic mass is 19.1. The second-order valence-corrected chi connectivity index (χ2v) is 3.58. The van der Waals surface area contributed by atoms with Gasteiger partial charge in [-0.05, 0) is 29.8 Å². The van der Waals surface area contributed by atoms with Crippen LogP contribution in [0.15, 0.2) is 48.7 Å². The Morgan fingerprint density at radius 2 is 1.88 bits per heavy atom. The van der Waals surface area contributed by atoms with E-state index in [1.807, 2.05) is 0 Å². The van der Waals surface area contributed by atoms with Gasteiger partial charge in [-0.15, -0.1) is 0 Å². The molecular formula is C13H10FNO2. The molecule has 1 N–H and O–H groups in total. The quantitative estimate of drug-likeness (QED) is 0.882. The third kappa shape index (κ3) is 2.47. The van der Waals surface area contributed by atoms with Gasteiger partial charge in [0.25, 0.3) is 0 Å². The molecule has 0 spiro atoms. The highest BCUT2D eigenvalue weighted by Gasteiger charge is 2.22. The minimum Gasteiger partial charge on any atom is -0.480 e. The van der Waals surface area contributed by atoms with E-state index in [1.54, 1.807) is 18.2 Å². The van der Waals surface area contributed by atoms with E-state index >= 15 is 0 Å². The Morgan fingerprint density at radius 3 is 2.41 bits per heavy atom. The third-order valence-electron chi connectivity index (χ3n) is 2.43. The van der Waals surface area contributed by atoms with Crippen molar-refractivity contribution in [1.82, 2.24) is 4.98 Å². The van der Waals surface area contributed by atoms with Gasteiger partial charge in [0.05, 0.1) is 5.69 Å². The standard InChI is InChI=1S/C13H10FNO2/c14-10-6-4-9(5-7-10)12(13(16)17)11-3-1-2-8-15-11/h1-8,12H,(H,16,17). The zero-order valence-corrected chi connectivity index (χ0v) is 8.88. The number of hydrogen-bond acceptors (Lipinski definition) is 2. The smallest absolute Gasteiger partial charge is 0.317 e.